The molecule has 68 heavy (non-hydrogen) atoms. The first-order valence-electron chi connectivity index (χ1n) is 23.1. The second-order valence-corrected chi connectivity index (χ2v) is 20.0. The standard InChI is InChI=1S/C53H60N4O10S/c1-10-19-62-47-30(3)48-50(66-28-65-48)44-36(47)22-40-45-43-31(20-29(2)46(61-9)49(43)64-27-60-8)21-39(56(45)7)41(23-54)57(40)42(44)24-63-51(58)38(55-52(59)67-53(4,5)6)26-68-25-37-34-17-13-11-15-32(34)33-16-12-14-18-35(33)37/h10-18,20,37-42,45H,1,19,21-22,24-28H2,2-9H3,(H,55,59)/t38-,39+,40?,41+,42+,45+/m1/s1. The van der Waals surface area contributed by atoms with E-state index in [0.717, 1.165) is 33.4 Å². The predicted molar refractivity (Wildman–Crippen MR) is 258 cm³/mol. The van der Waals surface area contributed by atoms with Crippen LogP contribution in [0.5, 0.6) is 28.7 Å². The minimum atomic E-state index is -1.07. The van der Waals surface area contributed by atoms with Gasteiger partial charge in [-0.25, -0.2) is 9.59 Å². The van der Waals surface area contributed by atoms with Gasteiger partial charge in [0.2, 0.25) is 6.79 Å². The molecule has 9 rings (SSSR count). The molecule has 5 aliphatic rings. The number of fused-ring (bicyclic) bond motifs is 12. The Morgan fingerprint density at radius 1 is 0.971 bits per heavy atom. The third-order valence-corrected chi connectivity index (χ3v) is 14.9. The number of amides is 1. The zero-order valence-corrected chi connectivity index (χ0v) is 40.8. The Kier molecular flexibility index (Phi) is 13.3. The molecule has 14 nitrogen and oxygen atoms in total. The van der Waals surface area contributed by atoms with E-state index in [1.54, 1.807) is 52.8 Å². The summed E-state index contributed by atoms with van der Waals surface area (Å²) in [6.45, 7) is 13.2. The summed E-state index contributed by atoms with van der Waals surface area (Å²) in [6.07, 6.45) is 1.96. The largest absolute Gasteiger partial charge is 0.493 e. The highest BCUT2D eigenvalue weighted by atomic mass is 32.2. The molecule has 4 aromatic rings. The number of rotatable bonds is 15. The number of thioether (sulfide) groups is 1. The highest BCUT2D eigenvalue weighted by Gasteiger charge is 2.57. The van der Waals surface area contributed by atoms with Crippen molar-refractivity contribution in [2.75, 3.05) is 59.6 Å². The molecule has 4 heterocycles. The van der Waals surface area contributed by atoms with Gasteiger partial charge in [-0.2, -0.15) is 17.0 Å². The van der Waals surface area contributed by atoms with Gasteiger partial charge in [0.25, 0.3) is 0 Å². The molecule has 1 amide bonds. The fourth-order valence-electron chi connectivity index (χ4n) is 11.2. The molecule has 0 aromatic heterocycles. The molecular formula is C53H60N4O10S. The fraction of sp³-hybridized carbons (Fsp3) is 0.453. The molecule has 1 saturated heterocycles. The Morgan fingerprint density at radius 3 is 2.34 bits per heavy atom. The van der Waals surface area contributed by atoms with Gasteiger partial charge in [-0.1, -0.05) is 67.3 Å². The highest BCUT2D eigenvalue weighted by Crippen LogP contribution is 2.59. The van der Waals surface area contributed by atoms with Crippen LogP contribution in [0.4, 0.5) is 4.79 Å². The Bertz CT molecular complexity index is 2610. The highest BCUT2D eigenvalue weighted by molar-refractivity contribution is 7.99. The Balaban J connectivity index is 1.10. The van der Waals surface area contributed by atoms with Gasteiger partial charge in [0.15, 0.2) is 29.8 Å². The summed E-state index contributed by atoms with van der Waals surface area (Å²) in [7, 11) is 5.28. The number of carbonyl (C=O) groups is 2. The van der Waals surface area contributed by atoms with Crippen LogP contribution in [0.15, 0.2) is 67.3 Å². The summed E-state index contributed by atoms with van der Waals surface area (Å²) in [5, 5.41) is 14.2. The maximum Gasteiger partial charge on any atom is 0.408 e. The second kappa shape index (κ2) is 19.2. The monoisotopic (exact) mass is 944 g/mol. The maximum absolute atomic E-state index is 14.8. The molecule has 4 aliphatic heterocycles. The molecule has 2 bridgehead atoms. The number of likely N-dealkylation sites (N-methyl/N-ethyl adjacent to an activating group) is 1. The van der Waals surface area contributed by atoms with Gasteiger partial charge < -0.3 is 43.2 Å². The van der Waals surface area contributed by atoms with Crippen molar-refractivity contribution in [2.24, 2.45) is 0 Å². The minimum absolute atomic E-state index is 0.00294. The van der Waals surface area contributed by atoms with Crippen molar-refractivity contribution in [1.29, 1.82) is 5.26 Å². The van der Waals surface area contributed by atoms with E-state index < -0.39 is 35.8 Å². The summed E-state index contributed by atoms with van der Waals surface area (Å²) < 4.78 is 48.9. The number of nitriles is 1. The van der Waals surface area contributed by atoms with Crippen LogP contribution in [0.25, 0.3) is 11.1 Å². The molecule has 4 aromatic carbocycles. The van der Waals surface area contributed by atoms with E-state index in [-0.39, 0.29) is 56.6 Å². The van der Waals surface area contributed by atoms with Crippen LogP contribution >= 0.6 is 11.8 Å². The number of methoxy groups -OCH3 is 2. The van der Waals surface area contributed by atoms with Gasteiger partial charge in [-0.3, -0.25) is 9.80 Å². The molecule has 0 radical (unpaired) electrons. The lowest BCUT2D eigenvalue weighted by Gasteiger charge is -2.60. The number of piperazine rings is 1. The normalized spacial score (nSPS) is 21.5. The van der Waals surface area contributed by atoms with Crippen LogP contribution in [0.1, 0.15) is 83.3 Å². The molecule has 0 spiro atoms. The van der Waals surface area contributed by atoms with Crippen LogP contribution < -0.4 is 29.0 Å². The maximum atomic E-state index is 14.8. The lowest BCUT2D eigenvalue weighted by molar-refractivity contribution is -0.151. The number of hydrogen-bond acceptors (Lipinski definition) is 14. The topological polar surface area (TPSA) is 150 Å². The minimum Gasteiger partial charge on any atom is -0.493 e. The van der Waals surface area contributed by atoms with E-state index in [2.05, 4.69) is 89.4 Å². The van der Waals surface area contributed by atoms with Crippen molar-refractivity contribution in [3.63, 3.8) is 0 Å². The third kappa shape index (κ3) is 8.39. The number of ether oxygens (including phenoxy) is 8. The average Bonchev–Trinajstić information content (AvgIpc) is 3.93. The van der Waals surface area contributed by atoms with Crippen molar-refractivity contribution >= 4 is 23.8 Å². The summed E-state index contributed by atoms with van der Waals surface area (Å²) in [5.41, 5.74) is 9.37. The average molecular weight is 945 g/mol. The van der Waals surface area contributed by atoms with Gasteiger partial charge in [-0.15, -0.1) is 0 Å². The summed E-state index contributed by atoms with van der Waals surface area (Å²) in [4.78, 5) is 32.7. The number of hydrogen-bond donors (Lipinski definition) is 1. The number of nitrogens with one attached hydrogen (secondary N) is 1. The second-order valence-electron chi connectivity index (χ2n) is 19.0. The molecule has 15 heteroatoms. The summed E-state index contributed by atoms with van der Waals surface area (Å²) in [6, 6.07) is 18.3. The van der Waals surface area contributed by atoms with E-state index in [1.807, 2.05) is 13.8 Å². The van der Waals surface area contributed by atoms with Crippen LogP contribution in [-0.4, -0.2) is 111 Å². The van der Waals surface area contributed by atoms with Gasteiger partial charge in [0.1, 0.15) is 36.6 Å². The molecule has 6 atom stereocenters. The van der Waals surface area contributed by atoms with Crippen LogP contribution in [0, 0.1) is 25.2 Å². The third-order valence-electron chi connectivity index (χ3n) is 13.8. The predicted octanol–water partition coefficient (Wildman–Crippen LogP) is 8.34. The zero-order valence-electron chi connectivity index (χ0n) is 40.0. The molecule has 358 valence electrons. The zero-order chi connectivity index (χ0) is 48.0. The van der Waals surface area contributed by atoms with E-state index in [4.69, 9.17) is 37.9 Å². The Morgan fingerprint density at radius 2 is 1.68 bits per heavy atom. The number of nitrogens with zero attached hydrogens (tertiary/aromatic N) is 3. The van der Waals surface area contributed by atoms with Gasteiger partial charge in [0.05, 0.1) is 25.3 Å². The van der Waals surface area contributed by atoms with Crippen LogP contribution in [0.3, 0.4) is 0 Å². The summed E-state index contributed by atoms with van der Waals surface area (Å²) >= 11 is 1.57. The lowest BCUT2D eigenvalue weighted by atomic mass is 9.71. The fourth-order valence-corrected chi connectivity index (χ4v) is 12.4. The van der Waals surface area contributed by atoms with Crippen LogP contribution in [-0.2, 0) is 31.8 Å². The number of alkyl carbamates (subject to hydrolysis) is 1. The van der Waals surface area contributed by atoms with E-state index in [0.29, 0.717) is 47.3 Å². The molecule has 1 unspecified atom stereocenters. The Hall–Kier alpha value is -5.92. The number of carbonyl (C=O) groups excluding carboxylic acids is 2. The quantitative estimate of drug-likeness (QED) is 0.0691. The smallest absolute Gasteiger partial charge is 0.408 e. The Labute approximate surface area is 402 Å². The van der Waals surface area contributed by atoms with E-state index in [1.165, 1.54) is 22.3 Å². The van der Waals surface area contributed by atoms with E-state index >= 15 is 0 Å². The van der Waals surface area contributed by atoms with Crippen molar-refractivity contribution in [2.45, 2.75) is 95.2 Å². The first kappa shape index (κ1) is 47.2. The molecule has 1 N–H and O–H groups in total. The van der Waals surface area contributed by atoms with Crippen molar-refractivity contribution < 1.29 is 47.5 Å². The first-order chi connectivity index (χ1) is 32.8. The molecular weight excluding hydrogens is 885 g/mol. The van der Waals surface area contributed by atoms with Crippen molar-refractivity contribution in [1.82, 2.24) is 15.1 Å². The molecule has 0 saturated carbocycles. The van der Waals surface area contributed by atoms with Crippen molar-refractivity contribution in [3.05, 3.63) is 112 Å². The van der Waals surface area contributed by atoms with Gasteiger partial charge >= 0.3 is 12.1 Å². The molecule has 1 aliphatic carbocycles. The SMILES string of the molecule is C=CCOc1c(C)c2c(c3c1CC1[C@H]4c5c(cc(C)c(OC)c5OCOC)C[C@@H]([C@H](C#N)N1[C@H]3COC(=O)[C@@H](CSCC1c3ccccc3-c3ccccc31)NC(=O)OC(C)(C)C)N4C)OCO2. The lowest BCUT2D eigenvalue weighted by Crippen LogP contribution is -2.68. The van der Waals surface area contributed by atoms with Gasteiger partial charge in [0, 0.05) is 58.9 Å². The van der Waals surface area contributed by atoms with Crippen LogP contribution in [0.2, 0.25) is 0 Å². The number of esters is 1. The van der Waals surface area contributed by atoms with Crippen molar-refractivity contribution in [3.8, 4) is 45.9 Å². The first-order valence-corrected chi connectivity index (χ1v) is 24.3. The number of benzene rings is 4. The van der Waals surface area contributed by atoms with Gasteiger partial charge in [-0.05, 0) is 87.9 Å². The molecule has 1 fully saturated rings. The summed E-state index contributed by atoms with van der Waals surface area (Å²) in [5.74, 6) is 3.24. The number of aryl methyl sites for hydroxylation is 1. The van der Waals surface area contributed by atoms with E-state index in [9.17, 15) is 14.9 Å².